The second kappa shape index (κ2) is 5.12. The van der Waals surface area contributed by atoms with Gasteiger partial charge in [-0.25, -0.2) is 8.42 Å². The van der Waals surface area contributed by atoms with Crippen LogP contribution in [0.3, 0.4) is 0 Å². The van der Waals surface area contributed by atoms with Crippen LogP contribution in [0.4, 0.5) is 5.69 Å². The van der Waals surface area contributed by atoms with Crippen LogP contribution < -0.4 is 4.72 Å². The molecule has 0 saturated carbocycles. The molecule has 1 radical (unpaired) electrons. The van der Waals surface area contributed by atoms with Gasteiger partial charge in [0, 0.05) is 5.69 Å². The molecule has 5 heteroatoms. The summed E-state index contributed by atoms with van der Waals surface area (Å²) in [4.78, 5) is -0.0313. The van der Waals surface area contributed by atoms with Gasteiger partial charge in [-0.2, -0.15) is 5.26 Å². The molecule has 2 aromatic carbocycles. The van der Waals surface area contributed by atoms with E-state index in [1.807, 2.05) is 6.07 Å². The van der Waals surface area contributed by atoms with E-state index in [-0.39, 0.29) is 10.5 Å². The lowest BCUT2D eigenvalue weighted by molar-refractivity contribution is 0.601. The summed E-state index contributed by atoms with van der Waals surface area (Å²) in [5.41, 5.74) is 1.34. The van der Waals surface area contributed by atoms with Gasteiger partial charge in [0.05, 0.1) is 5.56 Å². The van der Waals surface area contributed by atoms with E-state index in [4.69, 9.17) is 5.26 Å². The maximum Gasteiger partial charge on any atom is 0.263 e. The van der Waals surface area contributed by atoms with Crippen molar-refractivity contribution >= 4 is 15.7 Å². The summed E-state index contributed by atoms with van der Waals surface area (Å²) in [5.74, 6) is 0. The molecule has 19 heavy (non-hydrogen) atoms. The molecule has 0 aliphatic rings. The highest BCUT2D eigenvalue weighted by molar-refractivity contribution is 7.92. The molecule has 0 aliphatic carbocycles. The standard InChI is InChI=1S/C14H11N2O2S/c1-11-6-8-13(9-7-11)16-19(17,18)14-5-3-2-4-12(14)10-15/h2-9,16H,1H2. The molecule has 0 atom stereocenters. The molecule has 4 nitrogen and oxygen atoms in total. The first kappa shape index (κ1) is 13.1. The van der Waals surface area contributed by atoms with Crippen molar-refractivity contribution in [2.45, 2.75) is 4.90 Å². The Hall–Kier alpha value is -2.32. The van der Waals surface area contributed by atoms with Crippen molar-refractivity contribution in [2.75, 3.05) is 4.72 Å². The van der Waals surface area contributed by atoms with Gasteiger partial charge in [0.25, 0.3) is 10.0 Å². The zero-order valence-corrected chi connectivity index (χ0v) is 10.8. The normalized spacial score (nSPS) is 10.7. The fraction of sp³-hybridized carbons (Fsp3) is 0. The predicted octanol–water partition coefficient (Wildman–Crippen LogP) is 2.54. The van der Waals surface area contributed by atoms with Gasteiger partial charge >= 0.3 is 0 Å². The molecule has 0 aromatic heterocycles. The Kier molecular flexibility index (Phi) is 3.54. The summed E-state index contributed by atoms with van der Waals surface area (Å²) < 4.78 is 26.8. The zero-order valence-electron chi connectivity index (χ0n) is 10.00. The van der Waals surface area contributed by atoms with E-state index in [2.05, 4.69) is 11.6 Å². The van der Waals surface area contributed by atoms with E-state index in [0.717, 1.165) is 5.56 Å². The Morgan fingerprint density at radius 3 is 2.32 bits per heavy atom. The van der Waals surface area contributed by atoms with Gasteiger partial charge in [-0.15, -0.1) is 0 Å². The Morgan fingerprint density at radius 1 is 1.05 bits per heavy atom. The van der Waals surface area contributed by atoms with Crippen LogP contribution in [0.15, 0.2) is 53.4 Å². The monoisotopic (exact) mass is 271 g/mol. The average Bonchev–Trinajstić information content (AvgIpc) is 2.41. The molecule has 0 unspecified atom stereocenters. The molecule has 0 heterocycles. The first-order valence-corrected chi connectivity index (χ1v) is 6.95. The van der Waals surface area contributed by atoms with Crippen molar-refractivity contribution in [2.24, 2.45) is 0 Å². The summed E-state index contributed by atoms with van der Waals surface area (Å²) in [7, 11) is -3.76. The first-order chi connectivity index (χ1) is 9.03. The highest BCUT2D eigenvalue weighted by Crippen LogP contribution is 2.19. The molecule has 0 amide bonds. The van der Waals surface area contributed by atoms with Crippen molar-refractivity contribution in [1.82, 2.24) is 0 Å². The van der Waals surface area contributed by atoms with Gasteiger partial charge in [-0.1, -0.05) is 24.3 Å². The minimum absolute atomic E-state index is 0.0313. The van der Waals surface area contributed by atoms with E-state index >= 15 is 0 Å². The largest absolute Gasteiger partial charge is 0.280 e. The Balaban J connectivity index is 2.38. The number of nitriles is 1. The third-order valence-electron chi connectivity index (χ3n) is 2.50. The van der Waals surface area contributed by atoms with E-state index in [0.29, 0.717) is 5.69 Å². The SMILES string of the molecule is [CH2]c1ccc(NS(=O)(=O)c2ccccc2C#N)cc1. The van der Waals surface area contributed by atoms with Crippen LogP contribution in [0.1, 0.15) is 11.1 Å². The van der Waals surface area contributed by atoms with E-state index in [1.165, 1.54) is 12.1 Å². The molecule has 0 aliphatic heterocycles. The third kappa shape index (κ3) is 2.92. The number of nitrogens with one attached hydrogen (secondary N) is 1. The molecule has 0 saturated heterocycles. The van der Waals surface area contributed by atoms with Gasteiger partial charge in [0.1, 0.15) is 11.0 Å². The van der Waals surface area contributed by atoms with Crippen molar-refractivity contribution in [3.05, 3.63) is 66.6 Å². The summed E-state index contributed by atoms with van der Waals surface area (Å²) in [5, 5.41) is 8.93. The van der Waals surface area contributed by atoms with Crippen molar-refractivity contribution < 1.29 is 8.42 Å². The number of benzene rings is 2. The fourth-order valence-electron chi connectivity index (χ4n) is 1.58. The van der Waals surface area contributed by atoms with Crippen molar-refractivity contribution in [3.8, 4) is 6.07 Å². The zero-order chi connectivity index (χ0) is 13.9. The second-order valence-corrected chi connectivity index (χ2v) is 5.56. The molecule has 95 valence electrons. The third-order valence-corrected chi connectivity index (χ3v) is 3.94. The van der Waals surface area contributed by atoms with Gasteiger partial charge < -0.3 is 0 Å². The van der Waals surface area contributed by atoms with Crippen LogP contribution in [0.2, 0.25) is 0 Å². The number of hydrogen-bond donors (Lipinski definition) is 1. The van der Waals surface area contributed by atoms with Gasteiger partial charge in [0.2, 0.25) is 0 Å². The Labute approximate surface area is 112 Å². The molecular weight excluding hydrogens is 260 g/mol. The summed E-state index contributed by atoms with van der Waals surface area (Å²) >= 11 is 0. The molecular formula is C14H11N2O2S. The maximum absolute atomic E-state index is 12.2. The van der Waals surface area contributed by atoms with Crippen molar-refractivity contribution in [3.63, 3.8) is 0 Å². The number of rotatable bonds is 3. The summed E-state index contributed by atoms with van der Waals surface area (Å²) in [6.45, 7) is 3.72. The van der Waals surface area contributed by atoms with Crippen LogP contribution in [-0.2, 0) is 10.0 Å². The molecule has 0 spiro atoms. The smallest absolute Gasteiger partial charge is 0.263 e. The number of sulfonamides is 1. The Bertz CT molecular complexity index is 729. The number of nitrogens with zero attached hydrogens (tertiary/aromatic N) is 1. The van der Waals surface area contributed by atoms with Gasteiger partial charge in [-0.05, 0) is 36.8 Å². The fourth-order valence-corrected chi connectivity index (χ4v) is 2.79. The van der Waals surface area contributed by atoms with Crippen LogP contribution in [0, 0.1) is 18.3 Å². The molecule has 2 rings (SSSR count). The molecule has 2 aromatic rings. The van der Waals surface area contributed by atoms with E-state index in [9.17, 15) is 8.42 Å². The molecule has 0 bridgehead atoms. The van der Waals surface area contributed by atoms with Gasteiger partial charge in [0.15, 0.2) is 0 Å². The first-order valence-electron chi connectivity index (χ1n) is 5.47. The average molecular weight is 271 g/mol. The minimum atomic E-state index is -3.76. The lowest BCUT2D eigenvalue weighted by Gasteiger charge is -2.09. The van der Waals surface area contributed by atoms with Crippen LogP contribution in [0.25, 0.3) is 0 Å². The highest BCUT2D eigenvalue weighted by Gasteiger charge is 2.17. The van der Waals surface area contributed by atoms with Gasteiger partial charge in [-0.3, -0.25) is 4.72 Å². The predicted molar refractivity (Wildman–Crippen MR) is 72.9 cm³/mol. The summed E-state index contributed by atoms with van der Waals surface area (Å²) in [6, 6.07) is 14.6. The van der Waals surface area contributed by atoms with E-state index < -0.39 is 10.0 Å². The lowest BCUT2D eigenvalue weighted by atomic mass is 10.2. The minimum Gasteiger partial charge on any atom is -0.280 e. The summed E-state index contributed by atoms with van der Waals surface area (Å²) in [6.07, 6.45) is 0. The quantitative estimate of drug-likeness (QED) is 0.932. The van der Waals surface area contributed by atoms with Crippen LogP contribution in [0.5, 0.6) is 0 Å². The van der Waals surface area contributed by atoms with Crippen molar-refractivity contribution in [1.29, 1.82) is 5.26 Å². The van der Waals surface area contributed by atoms with Crippen LogP contribution in [-0.4, -0.2) is 8.42 Å². The number of hydrogen-bond acceptors (Lipinski definition) is 3. The molecule has 0 fully saturated rings. The second-order valence-electron chi connectivity index (χ2n) is 3.91. The lowest BCUT2D eigenvalue weighted by Crippen LogP contribution is -2.14. The topological polar surface area (TPSA) is 70.0 Å². The number of anilines is 1. The van der Waals surface area contributed by atoms with E-state index in [1.54, 1.807) is 36.4 Å². The highest BCUT2D eigenvalue weighted by atomic mass is 32.2. The maximum atomic E-state index is 12.2. The molecule has 1 N–H and O–H groups in total. The Morgan fingerprint density at radius 2 is 1.68 bits per heavy atom. The van der Waals surface area contributed by atoms with Crippen LogP contribution >= 0.6 is 0 Å².